The third-order valence-corrected chi connectivity index (χ3v) is 4.72. The highest BCUT2D eigenvalue weighted by atomic mass is 35.5. The van der Waals surface area contributed by atoms with Gasteiger partial charge < -0.3 is 0 Å². The Labute approximate surface area is 122 Å². The molecular weight excluding hydrogens is 272 g/mol. The van der Waals surface area contributed by atoms with E-state index in [0.29, 0.717) is 0 Å². The Morgan fingerprint density at radius 1 is 1.11 bits per heavy atom. The molecule has 0 spiro atoms. The van der Waals surface area contributed by atoms with Crippen molar-refractivity contribution in [2.24, 2.45) is 0 Å². The van der Waals surface area contributed by atoms with Gasteiger partial charge in [0.25, 0.3) is 0 Å². The van der Waals surface area contributed by atoms with Crippen molar-refractivity contribution in [1.29, 1.82) is 0 Å². The predicted octanol–water partition coefficient (Wildman–Crippen LogP) is 5.73. The third kappa shape index (κ3) is 2.68. The second kappa shape index (κ2) is 5.36. The Morgan fingerprint density at radius 3 is 2.79 bits per heavy atom. The lowest BCUT2D eigenvalue weighted by Crippen LogP contribution is -1.95. The molecule has 0 N–H and O–H groups in total. The molecule has 0 nitrogen and oxygen atoms in total. The molecule has 1 atom stereocenters. The number of halogens is 1. The minimum absolute atomic E-state index is 0.0398. The standard InChI is InChI=1S/C17H15ClS/c1-12-5-4-6-13(9-12)10-16(18)15-11-19-17-8-3-2-7-14(15)17/h2-9,11,16H,10H2,1H3. The maximum absolute atomic E-state index is 6.62. The van der Waals surface area contributed by atoms with E-state index in [1.54, 1.807) is 11.3 Å². The maximum atomic E-state index is 6.62. The molecule has 1 unspecified atom stereocenters. The molecule has 19 heavy (non-hydrogen) atoms. The zero-order valence-electron chi connectivity index (χ0n) is 10.8. The minimum atomic E-state index is 0.0398. The molecule has 2 aromatic carbocycles. The van der Waals surface area contributed by atoms with Gasteiger partial charge in [-0.15, -0.1) is 22.9 Å². The molecule has 0 aliphatic heterocycles. The van der Waals surface area contributed by atoms with E-state index in [2.05, 4.69) is 60.8 Å². The highest BCUT2D eigenvalue weighted by molar-refractivity contribution is 7.17. The molecule has 96 valence electrons. The smallest absolute Gasteiger partial charge is 0.0639 e. The summed E-state index contributed by atoms with van der Waals surface area (Å²) >= 11 is 8.39. The lowest BCUT2D eigenvalue weighted by atomic mass is 10.0. The fourth-order valence-corrected chi connectivity index (χ4v) is 3.85. The van der Waals surface area contributed by atoms with Crippen molar-refractivity contribution in [2.45, 2.75) is 18.7 Å². The van der Waals surface area contributed by atoms with Gasteiger partial charge in [0, 0.05) is 4.70 Å². The van der Waals surface area contributed by atoms with Gasteiger partial charge in [-0.25, -0.2) is 0 Å². The largest absolute Gasteiger partial charge is 0.143 e. The lowest BCUT2D eigenvalue weighted by Gasteiger charge is -2.09. The second-order valence-electron chi connectivity index (χ2n) is 4.85. The molecule has 1 aromatic heterocycles. The summed E-state index contributed by atoms with van der Waals surface area (Å²) < 4.78 is 1.31. The Balaban J connectivity index is 1.90. The van der Waals surface area contributed by atoms with Crippen LogP contribution in [0.3, 0.4) is 0 Å². The van der Waals surface area contributed by atoms with Gasteiger partial charge in [0.1, 0.15) is 0 Å². The molecule has 0 radical (unpaired) electrons. The van der Waals surface area contributed by atoms with Crippen LogP contribution in [0.5, 0.6) is 0 Å². The monoisotopic (exact) mass is 286 g/mol. The minimum Gasteiger partial charge on any atom is -0.143 e. The Kier molecular flexibility index (Phi) is 3.58. The van der Waals surface area contributed by atoms with Crippen LogP contribution in [0.2, 0.25) is 0 Å². The van der Waals surface area contributed by atoms with E-state index in [0.717, 1.165) is 6.42 Å². The molecule has 3 rings (SSSR count). The normalized spacial score (nSPS) is 12.7. The van der Waals surface area contributed by atoms with Gasteiger partial charge in [-0.05, 0) is 41.3 Å². The van der Waals surface area contributed by atoms with Gasteiger partial charge in [-0.2, -0.15) is 0 Å². The van der Waals surface area contributed by atoms with Crippen LogP contribution in [0.1, 0.15) is 22.1 Å². The van der Waals surface area contributed by atoms with Gasteiger partial charge >= 0.3 is 0 Å². The summed E-state index contributed by atoms with van der Waals surface area (Å²) in [6.07, 6.45) is 0.879. The molecule has 2 heteroatoms. The van der Waals surface area contributed by atoms with Crippen molar-refractivity contribution in [3.63, 3.8) is 0 Å². The summed E-state index contributed by atoms with van der Waals surface area (Å²) in [5.74, 6) is 0. The average Bonchev–Trinajstić information content (AvgIpc) is 2.82. The Hall–Kier alpha value is -1.31. The number of hydrogen-bond acceptors (Lipinski definition) is 1. The summed E-state index contributed by atoms with van der Waals surface area (Å²) in [6, 6.07) is 17.0. The molecule has 0 saturated heterocycles. The van der Waals surface area contributed by atoms with Crippen LogP contribution >= 0.6 is 22.9 Å². The average molecular weight is 287 g/mol. The Morgan fingerprint density at radius 2 is 1.95 bits per heavy atom. The van der Waals surface area contributed by atoms with Gasteiger partial charge in [-0.3, -0.25) is 0 Å². The zero-order chi connectivity index (χ0) is 13.2. The van der Waals surface area contributed by atoms with E-state index >= 15 is 0 Å². The fourth-order valence-electron chi connectivity index (χ4n) is 2.40. The molecule has 0 aliphatic rings. The highest BCUT2D eigenvalue weighted by Gasteiger charge is 2.13. The van der Waals surface area contributed by atoms with Crippen molar-refractivity contribution in [3.8, 4) is 0 Å². The first-order chi connectivity index (χ1) is 9.24. The summed E-state index contributed by atoms with van der Waals surface area (Å²) in [5.41, 5.74) is 3.84. The van der Waals surface area contributed by atoms with Gasteiger partial charge in [0.15, 0.2) is 0 Å². The van der Waals surface area contributed by atoms with Crippen LogP contribution in [0.25, 0.3) is 10.1 Å². The SMILES string of the molecule is Cc1cccc(CC(Cl)c2csc3ccccc23)c1. The van der Waals surface area contributed by atoms with E-state index < -0.39 is 0 Å². The summed E-state index contributed by atoms with van der Waals surface area (Å²) in [4.78, 5) is 0. The van der Waals surface area contributed by atoms with Gasteiger partial charge in [0.05, 0.1) is 5.38 Å². The number of fused-ring (bicyclic) bond motifs is 1. The predicted molar refractivity (Wildman–Crippen MR) is 85.3 cm³/mol. The van der Waals surface area contributed by atoms with Crippen molar-refractivity contribution in [1.82, 2.24) is 0 Å². The highest BCUT2D eigenvalue weighted by Crippen LogP contribution is 2.35. The second-order valence-corrected chi connectivity index (χ2v) is 6.29. The molecule has 0 amide bonds. The van der Waals surface area contributed by atoms with Crippen LogP contribution in [0, 0.1) is 6.92 Å². The first-order valence-electron chi connectivity index (χ1n) is 6.40. The topological polar surface area (TPSA) is 0 Å². The fraction of sp³-hybridized carbons (Fsp3) is 0.176. The summed E-state index contributed by atoms with van der Waals surface area (Å²) in [7, 11) is 0. The molecule has 0 saturated carbocycles. The summed E-state index contributed by atoms with van der Waals surface area (Å²) in [6.45, 7) is 2.12. The van der Waals surface area contributed by atoms with Crippen LogP contribution in [-0.2, 0) is 6.42 Å². The molecular formula is C17H15ClS. The van der Waals surface area contributed by atoms with Crippen LogP contribution in [-0.4, -0.2) is 0 Å². The summed E-state index contributed by atoms with van der Waals surface area (Å²) in [5, 5.41) is 3.52. The third-order valence-electron chi connectivity index (χ3n) is 3.35. The van der Waals surface area contributed by atoms with Crippen molar-refractivity contribution < 1.29 is 0 Å². The van der Waals surface area contributed by atoms with E-state index in [9.17, 15) is 0 Å². The molecule has 0 aliphatic carbocycles. The molecule has 0 fully saturated rings. The molecule has 0 bridgehead atoms. The number of thiophene rings is 1. The van der Waals surface area contributed by atoms with E-state index in [-0.39, 0.29) is 5.38 Å². The van der Waals surface area contributed by atoms with Gasteiger partial charge in [0.2, 0.25) is 0 Å². The zero-order valence-corrected chi connectivity index (χ0v) is 12.3. The van der Waals surface area contributed by atoms with Crippen LogP contribution in [0.4, 0.5) is 0 Å². The van der Waals surface area contributed by atoms with Crippen molar-refractivity contribution in [3.05, 3.63) is 70.6 Å². The molecule has 3 aromatic rings. The number of benzene rings is 2. The first kappa shape index (κ1) is 12.7. The first-order valence-corrected chi connectivity index (χ1v) is 7.71. The number of alkyl halides is 1. The van der Waals surface area contributed by atoms with Crippen LogP contribution < -0.4 is 0 Å². The van der Waals surface area contributed by atoms with E-state index in [4.69, 9.17) is 11.6 Å². The quantitative estimate of drug-likeness (QED) is 0.539. The van der Waals surface area contributed by atoms with Crippen molar-refractivity contribution in [2.75, 3.05) is 0 Å². The number of rotatable bonds is 3. The van der Waals surface area contributed by atoms with Crippen LogP contribution in [0.15, 0.2) is 53.9 Å². The van der Waals surface area contributed by atoms with E-state index in [1.165, 1.54) is 26.8 Å². The maximum Gasteiger partial charge on any atom is 0.0639 e. The van der Waals surface area contributed by atoms with Crippen molar-refractivity contribution >= 4 is 33.0 Å². The Bertz CT molecular complexity index is 699. The van der Waals surface area contributed by atoms with Gasteiger partial charge in [-0.1, -0.05) is 48.0 Å². The lowest BCUT2D eigenvalue weighted by molar-refractivity contribution is 0.930. The number of hydrogen-bond donors (Lipinski definition) is 0. The number of aryl methyl sites for hydroxylation is 1. The molecule has 1 heterocycles. The van der Waals surface area contributed by atoms with E-state index in [1.807, 2.05) is 0 Å².